The highest BCUT2D eigenvalue weighted by Gasteiger charge is 2.25. The maximum absolute atomic E-state index is 12.8. The molecule has 26 heavy (non-hydrogen) atoms. The number of morpholine rings is 1. The van der Waals surface area contributed by atoms with Crippen molar-refractivity contribution in [2.45, 2.75) is 6.04 Å². The van der Waals surface area contributed by atoms with Gasteiger partial charge in [-0.2, -0.15) is 0 Å². The topological polar surface area (TPSA) is 37.7 Å². The molecular weight excluding hydrogens is 418 g/mol. The van der Waals surface area contributed by atoms with Crippen LogP contribution in [-0.2, 0) is 11.8 Å². The Morgan fingerprint density at radius 1 is 1.12 bits per heavy atom. The lowest BCUT2D eigenvalue weighted by Gasteiger charge is -2.28. The minimum atomic E-state index is 0. The standard InChI is InChI=1S/C19H24BrN3O2.ClH/c1-21(2)18(14-4-6-15(20)7-5-14)16-8-9-17(22(16)3)19(24)23-10-12-25-13-11-23;/h4-9,18H,10-13H2,1-3H3;1H. The number of amides is 1. The van der Waals surface area contributed by atoms with Crippen LogP contribution in [-0.4, -0.2) is 60.7 Å². The van der Waals surface area contributed by atoms with Crippen LogP contribution in [0.3, 0.4) is 0 Å². The SMILES string of the molecule is CN(C)C(c1ccc(Br)cc1)c1ccc(C(=O)N2CCOCC2)n1C.Cl. The molecular formula is C19H25BrClN3O2. The first kappa shape index (κ1) is 21.0. The second-order valence-corrected chi connectivity index (χ2v) is 7.44. The smallest absolute Gasteiger partial charge is 0.270 e. The second-order valence-electron chi connectivity index (χ2n) is 6.52. The summed E-state index contributed by atoms with van der Waals surface area (Å²) in [6.07, 6.45) is 0. The molecule has 1 aromatic heterocycles. The van der Waals surface area contributed by atoms with Crippen LogP contribution in [0.1, 0.15) is 27.8 Å². The van der Waals surface area contributed by atoms with Crippen molar-refractivity contribution in [2.24, 2.45) is 7.05 Å². The summed E-state index contributed by atoms with van der Waals surface area (Å²) in [6, 6.07) is 12.4. The van der Waals surface area contributed by atoms with Gasteiger partial charge in [0.25, 0.3) is 5.91 Å². The third kappa shape index (κ3) is 4.31. The molecule has 1 amide bonds. The highest BCUT2D eigenvalue weighted by atomic mass is 79.9. The Balaban J connectivity index is 0.00000243. The minimum Gasteiger partial charge on any atom is -0.378 e. The number of aromatic nitrogens is 1. The molecule has 1 fully saturated rings. The van der Waals surface area contributed by atoms with Gasteiger partial charge in [-0.15, -0.1) is 12.4 Å². The summed E-state index contributed by atoms with van der Waals surface area (Å²) in [5.41, 5.74) is 3.02. The normalized spacial score (nSPS) is 15.7. The van der Waals surface area contributed by atoms with E-state index in [9.17, 15) is 4.79 Å². The van der Waals surface area contributed by atoms with Gasteiger partial charge in [-0.3, -0.25) is 9.69 Å². The molecule has 1 aromatic carbocycles. The van der Waals surface area contributed by atoms with E-state index in [0.717, 1.165) is 15.9 Å². The second kappa shape index (κ2) is 9.04. The highest BCUT2D eigenvalue weighted by molar-refractivity contribution is 9.10. The summed E-state index contributed by atoms with van der Waals surface area (Å²) in [6.45, 7) is 2.54. The zero-order valence-corrected chi connectivity index (χ0v) is 17.7. The zero-order valence-electron chi connectivity index (χ0n) is 15.3. The number of carbonyl (C=O) groups is 1. The van der Waals surface area contributed by atoms with Crippen molar-refractivity contribution in [1.82, 2.24) is 14.4 Å². The fourth-order valence-electron chi connectivity index (χ4n) is 3.32. The number of nitrogens with zero attached hydrogens (tertiary/aromatic N) is 3. The Hall–Kier alpha value is -1.34. The van der Waals surface area contributed by atoms with Crippen molar-refractivity contribution >= 4 is 34.2 Å². The predicted octanol–water partition coefficient (Wildman–Crippen LogP) is 3.33. The average molecular weight is 443 g/mol. The Labute approximate surface area is 169 Å². The van der Waals surface area contributed by atoms with E-state index in [2.05, 4.69) is 65.3 Å². The molecule has 1 atom stereocenters. The molecule has 7 heteroatoms. The molecule has 1 aliphatic rings. The lowest BCUT2D eigenvalue weighted by Crippen LogP contribution is -2.41. The van der Waals surface area contributed by atoms with Crippen molar-refractivity contribution < 1.29 is 9.53 Å². The third-order valence-corrected chi connectivity index (χ3v) is 5.19. The van der Waals surface area contributed by atoms with Gasteiger partial charge < -0.3 is 14.2 Å². The number of benzene rings is 1. The molecule has 3 rings (SSSR count). The Kier molecular flexibility index (Phi) is 7.29. The molecule has 0 N–H and O–H groups in total. The Morgan fingerprint density at radius 2 is 1.73 bits per heavy atom. The maximum Gasteiger partial charge on any atom is 0.270 e. The van der Waals surface area contributed by atoms with Crippen LogP contribution in [0.2, 0.25) is 0 Å². The van der Waals surface area contributed by atoms with Crippen molar-refractivity contribution in [3.8, 4) is 0 Å². The van der Waals surface area contributed by atoms with Crippen LogP contribution in [0, 0.1) is 0 Å². The summed E-state index contributed by atoms with van der Waals surface area (Å²) in [7, 11) is 6.09. The van der Waals surface area contributed by atoms with E-state index < -0.39 is 0 Å². The molecule has 0 bridgehead atoms. The van der Waals surface area contributed by atoms with Crippen LogP contribution in [0.5, 0.6) is 0 Å². The summed E-state index contributed by atoms with van der Waals surface area (Å²) in [4.78, 5) is 16.9. The van der Waals surface area contributed by atoms with Gasteiger partial charge in [0.2, 0.25) is 0 Å². The van der Waals surface area contributed by atoms with Crippen molar-refractivity contribution in [3.05, 3.63) is 57.8 Å². The van der Waals surface area contributed by atoms with Crippen LogP contribution in [0.15, 0.2) is 40.9 Å². The van der Waals surface area contributed by atoms with Crippen LogP contribution >= 0.6 is 28.3 Å². The van der Waals surface area contributed by atoms with E-state index in [1.165, 1.54) is 5.56 Å². The van der Waals surface area contributed by atoms with Crippen molar-refractivity contribution in [3.63, 3.8) is 0 Å². The number of halogens is 2. The molecule has 2 heterocycles. The highest BCUT2D eigenvalue weighted by Crippen LogP contribution is 2.29. The van der Waals surface area contributed by atoms with E-state index >= 15 is 0 Å². The van der Waals surface area contributed by atoms with Gasteiger partial charge in [-0.1, -0.05) is 28.1 Å². The van der Waals surface area contributed by atoms with E-state index in [0.29, 0.717) is 26.3 Å². The van der Waals surface area contributed by atoms with Gasteiger partial charge >= 0.3 is 0 Å². The van der Waals surface area contributed by atoms with Gasteiger partial charge in [0.05, 0.1) is 19.3 Å². The fraction of sp³-hybridized carbons (Fsp3) is 0.421. The third-order valence-electron chi connectivity index (χ3n) is 4.66. The lowest BCUT2D eigenvalue weighted by molar-refractivity contribution is 0.0296. The molecule has 142 valence electrons. The predicted molar refractivity (Wildman–Crippen MR) is 109 cm³/mol. The summed E-state index contributed by atoms with van der Waals surface area (Å²) in [5, 5.41) is 0. The van der Waals surface area contributed by atoms with Crippen LogP contribution in [0.4, 0.5) is 0 Å². The quantitative estimate of drug-likeness (QED) is 0.729. The Morgan fingerprint density at radius 3 is 2.31 bits per heavy atom. The van der Waals surface area contributed by atoms with Crippen molar-refractivity contribution in [1.29, 1.82) is 0 Å². The number of hydrogen-bond donors (Lipinski definition) is 0. The van der Waals surface area contributed by atoms with Crippen molar-refractivity contribution in [2.75, 3.05) is 40.4 Å². The number of hydrogen-bond acceptors (Lipinski definition) is 3. The summed E-state index contributed by atoms with van der Waals surface area (Å²) >= 11 is 3.49. The number of rotatable bonds is 4. The molecule has 5 nitrogen and oxygen atoms in total. The first-order valence-corrected chi connectivity index (χ1v) is 9.23. The average Bonchev–Trinajstić information content (AvgIpc) is 2.98. The Bertz CT molecular complexity index is 740. The molecule has 0 spiro atoms. The minimum absolute atomic E-state index is 0. The molecule has 1 aliphatic heterocycles. The molecule has 0 aliphatic carbocycles. The first-order chi connectivity index (χ1) is 12.0. The van der Waals surface area contributed by atoms with E-state index in [-0.39, 0.29) is 24.4 Å². The maximum atomic E-state index is 12.8. The molecule has 0 saturated carbocycles. The number of carbonyl (C=O) groups excluding carboxylic acids is 1. The van der Waals surface area contributed by atoms with Crippen LogP contribution < -0.4 is 0 Å². The molecule has 2 aromatic rings. The van der Waals surface area contributed by atoms with E-state index in [4.69, 9.17) is 4.74 Å². The van der Waals surface area contributed by atoms with Crippen LogP contribution in [0.25, 0.3) is 0 Å². The lowest BCUT2D eigenvalue weighted by atomic mass is 10.0. The zero-order chi connectivity index (χ0) is 18.0. The molecule has 1 unspecified atom stereocenters. The van der Waals surface area contributed by atoms with Gasteiger partial charge in [0, 0.05) is 30.3 Å². The van der Waals surface area contributed by atoms with Gasteiger partial charge in [-0.05, 0) is 43.9 Å². The van der Waals surface area contributed by atoms with Gasteiger partial charge in [0.1, 0.15) is 5.69 Å². The molecule has 0 radical (unpaired) electrons. The summed E-state index contributed by atoms with van der Waals surface area (Å²) < 4.78 is 8.42. The monoisotopic (exact) mass is 441 g/mol. The molecule has 1 saturated heterocycles. The van der Waals surface area contributed by atoms with E-state index in [1.54, 1.807) is 0 Å². The van der Waals surface area contributed by atoms with Gasteiger partial charge in [-0.25, -0.2) is 0 Å². The largest absolute Gasteiger partial charge is 0.378 e. The van der Waals surface area contributed by atoms with Gasteiger partial charge in [0.15, 0.2) is 0 Å². The first-order valence-electron chi connectivity index (χ1n) is 8.43. The fourth-order valence-corrected chi connectivity index (χ4v) is 3.59. The van der Waals surface area contributed by atoms with E-state index in [1.807, 2.05) is 22.6 Å². The summed E-state index contributed by atoms with van der Waals surface area (Å²) in [5.74, 6) is 0.0744. The number of ether oxygens (including phenoxy) is 1.